The summed E-state index contributed by atoms with van der Waals surface area (Å²) in [5.41, 5.74) is 4.82. The van der Waals surface area contributed by atoms with Gasteiger partial charge in [-0.05, 0) is 55.0 Å². The van der Waals surface area contributed by atoms with E-state index >= 15 is 0 Å². The van der Waals surface area contributed by atoms with Gasteiger partial charge in [0, 0.05) is 13.0 Å². The summed E-state index contributed by atoms with van der Waals surface area (Å²) in [4.78, 5) is 23.3. The average Bonchev–Trinajstić information content (AvgIpc) is 2.74. The molecule has 158 valence electrons. The molecular weight excluding hydrogens is 415 g/mol. The van der Waals surface area contributed by atoms with Crippen molar-refractivity contribution in [2.75, 3.05) is 13.2 Å². The van der Waals surface area contributed by atoms with Crippen molar-refractivity contribution in [1.82, 2.24) is 15.6 Å². The normalized spacial score (nSPS) is 10.7. The lowest BCUT2D eigenvalue weighted by Crippen LogP contribution is -2.44. The van der Waals surface area contributed by atoms with Crippen LogP contribution in [0.15, 0.2) is 53.4 Å². The van der Waals surface area contributed by atoms with E-state index in [0.29, 0.717) is 11.3 Å². The third-order valence-corrected chi connectivity index (χ3v) is 5.17. The van der Waals surface area contributed by atoms with Crippen molar-refractivity contribution >= 4 is 21.8 Å². The minimum atomic E-state index is -3.79. The Bertz CT molecular complexity index is 1020. The van der Waals surface area contributed by atoms with E-state index in [1.54, 1.807) is 12.1 Å². The Hall–Kier alpha value is -3.49. The van der Waals surface area contributed by atoms with Crippen molar-refractivity contribution < 1.29 is 27.1 Å². The molecule has 0 fully saturated rings. The molecule has 30 heavy (non-hydrogen) atoms. The van der Waals surface area contributed by atoms with Crippen LogP contribution in [-0.4, -0.2) is 33.4 Å². The standard InChI is InChI=1S/C19H19FN4O5S/c20-15-5-9-17(10-6-15)30(27,28)22-11-1-2-18(25)23-24-19(26)13-29-16-7-3-14(12-21)4-8-16/h3-10,22H,1-2,11,13H2,(H,23,25)(H,24,26). The van der Waals surface area contributed by atoms with Crippen molar-refractivity contribution in [2.45, 2.75) is 17.7 Å². The summed E-state index contributed by atoms with van der Waals surface area (Å²) >= 11 is 0. The van der Waals surface area contributed by atoms with E-state index < -0.39 is 27.7 Å². The van der Waals surface area contributed by atoms with Crippen LogP contribution in [-0.2, 0) is 19.6 Å². The number of hydrogen-bond acceptors (Lipinski definition) is 6. The third-order valence-electron chi connectivity index (χ3n) is 3.69. The number of nitrogens with one attached hydrogen (secondary N) is 3. The smallest absolute Gasteiger partial charge is 0.276 e. The van der Waals surface area contributed by atoms with E-state index in [1.165, 1.54) is 12.1 Å². The molecule has 3 N–H and O–H groups in total. The first-order valence-corrected chi connectivity index (χ1v) is 10.2. The Morgan fingerprint density at radius 1 is 1.00 bits per heavy atom. The summed E-state index contributed by atoms with van der Waals surface area (Å²) < 4.78 is 44.4. The van der Waals surface area contributed by atoms with Gasteiger partial charge in [-0.3, -0.25) is 20.4 Å². The van der Waals surface area contributed by atoms with Crippen LogP contribution >= 0.6 is 0 Å². The minimum absolute atomic E-state index is 0.0110. The van der Waals surface area contributed by atoms with E-state index in [4.69, 9.17) is 10.00 Å². The lowest BCUT2D eigenvalue weighted by molar-refractivity contribution is -0.130. The SMILES string of the molecule is N#Cc1ccc(OCC(=O)NNC(=O)CCCNS(=O)(=O)c2ccc(F)cc2)cc1. The Labute approximate surface area is 172 Å². The molecule has 9 nitrogen and oxygen atoms in total. The van der Waals surface area contributed by atoms with Crippen LogP contribution in [0.4, 0.5) is 4.39 Å². The van der Waals surface area contributed by atoms with E-state index in [1.807, 2.05) is 6.07 Å². The van der Waals surface area contributed by atoms with Gasteiger partial charge in [0.1, 0.15) is 11.6 Å². The molecule has 2 aromatic carbocycles. The molecule has 0 aliphatic heterocycles. The summed E-state index contributed by atoms with van der Waals surface area (Å²) in [6.07, 6.45) is 0.145. The topological polar surface area (TPSA) is 137 Å². The number of hydrazine groups is 1. The molecule has 0 unspecified atom stereocenters. The number of carbonyl (C=O) groups excluding carboxylic acids is 2. The second-order valence-electron chi connectivity index (χ2n) is 5.98. The Kier molecular flexibility index (Phi) is 8.28. The summed E-state index contributed by atoms with van der Waals surface area (Å²) in [5, 5.41) is 8.71. The second-order valence-corrected chi connectivity index (χ2v) is 7.74. The molecule has 0 radical (unpaired) electrons. The fourth-order valence-corrected chi connectivity index (χ4v) is 3.24. The molecule has 2 aromatic rings. The van der Waals surface area contributed by atoms with E-state index in [-0.39, 0.29) is 30.9 Å². The van der Waals surface area contributed by atoms with Crippen LogP contribution < -0.4 is 20.3 Å². The molecule has 0 spiro atoms. The molecule has 0 saturated heterocycles. The van der Waals surface area contributed by atoms with Crippen LogP contribution in [0.25, 0.3) is 0 Å². The summed E-state index contributed by atoms with van der Waals surface area (Å²) in [6, 6.07) is 12.5. The Balaban J connectivity index is 1.62. The maximum absolute atomic E-state index is 12.9. The number of hydrogen-bond donors (Lipinski definition) is 3. The molecule has 2 rings (SSSR count). The largest absolute Gasteiger partial charge is 0.484 e. The van der Waals surface area contributed by atoms with Crippen molar-refractivity contribution in [3.63, 3.8) is 0 Å². The molecule has 0 aliphatic rings. The van der Waals surface area contributed by atoms with Crippen LogP contribution in [0.2, 0.25) is 0 Å². The summed E-state index contributed by atoms with van der Waals surface area (Å²) in [5.74, 6) is -1.26. The van der Waals surface area contributed by atoms with Crippen molar-refractivity contribution in [3.8, 4) is 11.8 Å². The number of rotatable bonds is 9. The quantitative estimate of drug-likeness (QED) is 0.397. The monoisotopic (exact) mass is 434 g/mol. The number of halogens is 1. The predicted molar refractivity (Wildman–Crippen MR) is 104 cm³/mol. The molecule has 0 atom stereocenters. The van der Waals surface area contributed by atoms with Crippen LogP contribution in [0.1, 0.15) is 18.4 Å². The molecule has 0 aliphatic carbocycles. The van der Waals surface area contributed by atoms with Gasteiger partial charge in [0.2, 0.25) is 15.9 Å². The summed E-state index contributed by atoms with van der Waals surface area (Å²) in [6.45, 7) is -0.355. The maximum Gasteiger partial charge on any atom is 0.276 e. The Morgan fingerprint density at radius 2 is 1.63 bits per heavy atom. The Morgan fingerprint density at radius 3 is 2.27 bits per heavy atom. The van der Waals surface area contributed by atoms with Gasteiger partial charge >= 0.3 is 0 Å². The first kappa shape index (κ1) is 22.8. The molecule has 11 heteroatoms. The first-order valence-electron chi connectivity index (χ1n) is 8.76. The molecule has 0 heterocycles. The second kappa shape index (κ2) is 10.9. The van der Waals surface area contributed by atoms with Crippen molar-refractivity contribution in [1.29, 1.82) is 5.26 Å². The highest BCUT2D eigenvalue weighted by molar-refractivity contribution is 7.89. The third kappa shape index (κ3) is 7.50. The van der Waals surface area contributed by atoms with Crippen LogP contribution in [0, 0.1) is 17.1 Å². The van der Waals surface area contributed by atoms with Gasteiger partial charge < -0.3 is 4.74 Å². The molecule has 0 aromatic heterocycles. The van der Waals surface area contributed by atoms with Gasteiger partial charge in [-0.1, -0.05) is 0 Å². The highest BCUT2D eigenvalue weighted by Crippen LogP contribution is 2.11. The number of ether oxygens (including phenoxy) is 1. The highest BCUT2D eigenvalue weighted by atomic mass is 32.2. The molecule has 2 amide bonds. The number of nitriles is 1. The number of nitrogens with zero attached hydrogens (tertiary/aromatic N) is 1. The van der Waals surface area contributed by atoms with Gasteiger partial charge in [-0.25, -0.2) is 17.5 Å². The average molecular weight is 434 g/mol. The number of benzene rings is 2. The fraction of sp³-hybridized carbons (Fsp3) is 0.211. The van der Waals surface area contributed by atoms with E-state index in [9.17, 15) is 22.4 Å². The zero-order chi connectivity index (χ0) is 22.0. The minimum Gasteiger partial charge on any atom is -0.484 e. The lowest BCUT2D eigenvalue weighted by Gasteiger charge is -2.09. The zero-order valence-electron chi connectivity index (χ0n) is 15.7. The van der Waals surface area contributed by atoms with E-state index in [0.717, 1.165) is 24.3 Å². The number of amides is 2. The number of carbonyl (C=O) groups is 2. The zero-order valence-corrected chi connectivity index (χ0v) is 16.5. The van der Waals surface area contributed by atoms with Gasteiger partial charge in [0.25, 0.3) is 5.91 Å². The maximum atomic E-state index is 12.9. The fourth-order valence-electron chi connectivity index (χ4n) is 2.17. The van der Waals surface area contributed by atoms with Crippen LogP contribution in [0.3, 0.4) is 0 Å². The first-order chi connectivity index (χ1) is 14.3. The van der Waals surface area contributed by atoms with Crippen LogP contribution in [0.5, 0.6) is 5.75 Å². The highest BCUT2D eigenvalue weighted by Gasteiger charge is 2.13. The van der Waals surface area contributed by atoms with Gasteiger partial charge in [-0.15, -0.1) is 0 Å². The van der Waals surface area contributed by atoms with Gasteiger partial charge in [-0.2, -0.15) is 5.26 Å². The van der Waals surface area contributed by atoms with Crippen molar-refractivity contribution in [3.05, 3.63) is 59.9 Å². The molecule has 0 saturated carbocycles. The van der Waals surface area contributed by atoms with Crippen molar-refractivity contribution in [2.24, 2.45) is 0 Å². The van der Waals surface area contributed by atoms with Gasteiger partial charge in [0.05, 0.1) is 16.5 Å². The van der Waals surface area contributed by atoms with Gasteiger partial charge in [0.15, 0.2) is 6.61 Å². The van der Waals surface area contributed by atoms with E-state index in [2.05, 4.69) is 15.6 Å². The summed E-state index contributed by atoms with van der Waals surface area (Å²) in [7, 11) is -3.79. The lowest BCUT2D eigenvalue weighted by atomic mass is 10.2. The molecular formula is C19H19FN4O5S. The predicted octanol–water partition coefficient (Wildman–Crippen LogP) is 0.982. The number of sulfonamides is 1. The molecule has 0 bridgehead atoms.